The number of ether oxygens (including phenoxy) is 2. The molecule has 0 aromatic heterocycles. The van der Waals surface area contributed by atoms with Gasteiger partial charge in [0.1, 0.15) is 17.4 Å². The van der Waals surface area contributed by atoms with E-state index >= 15 is 0 Å². The molecule has 8 heteroatoms. The van der Waals surface area contributed by atoms with Gasteiger partial charge in [-0.2, -0.15) is 5.26 Å². The minimum atomic E-state index is -0.517. The van der Waals surface area contributed by atoms with Crippen molar-refractivity contribution in [3.8, 4) is 11.8 Å². The molecule has 0 saturated carbocycles. The lowest BCUT2D eigenvalue weighted by Gasteiger charge is -2.26. The summed E-state index contributed by atoms with van der Waals surface area (Å²) >= 11 is 5.82. The van der Waals surface area contributed by atoms with Gasteiger partial charge in [0.15, 0.2) is 6.61 Å². The molecule has 30 heavy (non-hydrogen) atoms. The van der Waals surface area contributed by atoms with Crippen LogP contribution in [-0.4, -0.2) is 49.6 Å². The first-order chi connectivity index (χ1) is 14.5. The van der Waals surface area contributed by atoms with E-state index in [1.807, 2.05) is 6.07 Å². The predicted molar refractivity (Wildman–Crippen MR) is 113 cm³/mol. The van der Waals surface area contributed by atoms with Gasteiger partial charge in [0.2, 0.25) is 0 Å². The summed E-state index contributed by atoms with van der Waals surface area (Å²) < 4.78 is 10.8. The molecule has 1 fully saturated rings. The summed E-state index contributed by atoms with van der Waals surface area (Å²) in [6.07, 6.45) is 1.48. The number of morpholine rings is 1. The number of nitrogens with one attached hydrogen (secondary N) is 1. The Morgan fingerprint density at radius 2 is 1.80 bits per heavy atom. The Kier molecular flexibility index (Phi) is 7.44. The highest BCUT2D eigenvalue weighted by Gasteiger charge is 2.17. The molecule has 2 aromatic rings. The number of halogens is 1. The zero-order chi connectivity index (χ0) is 21.3. The summed E-state index contributed by atoms with van der Waals surface area (Å²) in [6, 6.07) is 15.3. The maximum Gasteiger partial charge on any atom is 0.266 e. The average molecular weight is 426 g/mol. The number of benzene rings is 2. The van der Waals surface area contributed by atoms with Crippen molar-refractivity contribution in [1.29, 1.82) is 5.26 Å². The highest BCUT2D eigenvalue weighted by atomic mass is 35.5. The van der Waals surface area contributed by atoms with E-state index in [2.05, 4.69) is 5.32 Å². The van der Waals surface area contributed by atoms with Crippen molar-refractivity contribution < 1.29 is 19.1 Å². The Labute approximate surface area is 179 Å². The molecule has 1 aliphatic heterocycles. The maximum atomic E-state index is 12.3. The second-order valence-electron chi connectivity index (χ2n) is 6.48. The van der Waals surface area contributed by atoms with E-state index in [4.69, 9.17) is 21.1 Å². The summed E-state index contributed by atoms with van der Waals surface area (Å²) in [4.78, 5) is 26.1. The largest absolute Gasteiger partial charge is 0.484 e. The summed E-state index contributed by atoms with van der Waals surface area (Å²) in [5.41, 5.74) is 1.16. The zero-order valence-electron chi connectivity index (χ0n) is 16.1. The molecule has 2 amide bonds. The molecule has 7 nitrogen and oxygen atoms in total. The normalized spacial score (nSPS) is 14.0. The van der Waals surface area contributed by atoms with Gasteiger partial charge in [0.25, 0.3) is 11.8 Å². The molecule has 1 N–H and O–H groups in total. The van der Waals surface area contributed by atoms with Crippen LogP contribution in [0, 0.1) is 11.3 Å². The van der Waals surface area contributed by atoms with E-state index in [1.54, 1.807) is 53.4 Å². The molecular weight excluding hydrogens is 406 g/mol. The van der Waals surface area contributed by atoms with Crippen LogP contribution in [0.4, 0.5) is 5.69 Å². The van der Waals surface area contributed by atoms with Gasteiger partial charge in [0.05, 0.1) is 13.2 Å². The van der Waals surface area contributed by atoms with Crippen LogP contribution < -0.4 is 10.1 Å². The van der Waals surface area contributed by atoms with E-state index in [9.17, 15) is 14.9 Å². The fraction of sp³-hybridized carbons (Fsp3) is 0.227. The van der Waals surface area contributed by atoms with Crippen LogP contribution in [-0.2, 0) is 14.3 Å². The molecule has 0 radical (unpaired) electrons. The van der Waals surface area contributed by atoms with Gasteiger partial charge >= 0.3 is 0 Å². The van der Waals surface area contributed by atoms with Gasteiger partial charge in [0, 0.05) is 23.8 Å². The lowest BCUT2D eigenvalue weighted by atomic mass is 10.1. The first kappa shape index (κ1) is 21.4. The molecule has 1 aliphatic rings. The maximum absolute atomic E-state index is 12.3. The van der Waals surface area contributed by atoms with Crippen molar-refractivity contribution in [3.63, 3.8) is 0 Å². The second kappa shape index (κ2) is 10.4. The van der Waals surface area contributed by atoms with Crippen LogP contribution >= 0.6 is 11.6 Å². The van der Waals surface area contributed by atoms with Crippen molar-refractivity contribution >= 4 is 35.2 Å². The minimum Gasteiger partial charge on any atom is -0.484 e. The highest BCUT2D eigenvalue weighted by Crippen LogP contribution is 2.17. The fourth-order valence-corrected chi connectivity index (χ4v) is 2.88. The Balaban J connectivity index is 1.57. The van der Waals surface area contributed by atoms with Crippen molar-refractivity contribution in [3.05, 3.63) is 64.7 Å². The monoisotopic (exact) mass is 425 g/mol. The van der Waals surface area contributed by atoms with Gasteiger partial charge in [-0.3, -0.25) is 9.59 Å². The van der Waals surface area contributed by atoms with E-state index < -0.39 is 5.91 Å². The number of amides is 2. The number of rotatable bonds is 6. The number of hydrogen-bond donors (Lipinski definition) is 1. The molecule has 154 valence electrons. The fourth-order valence-electron chi connectivity index (χ4n) is 2.76. The first-order valence-corrected chi connectivity index (χ1v) is 9.70. The van der Waals surface area contributed by atoms with E-state index in [1.165, 1.54) is 6.08 Å². The van der Waals surface area contributed by atoms with Crippen molar-refractivity contribution in [2.24, 2.45) is 0 Å². The number of hydrogen-bond acceptors (Lipinski definition) is 5. The van der Waals surface area contributed by atoms with Gasteiger partial charge in [-0.15, -0.1) is 0 Å². The average Bonchev–Trinajstić information content (AvgIpc) is 2.78. The summed E-state index contributed by atoms with van der Waals surface area (Å²) in [5, 5.41) is 12.5. The Bertz CT molecular complexity index is 959. The molecule has 0 bridgehead atoms. The summed E-state index contributed by atoms with van der Waals surface area (Å²) in [7, 11) is 0. The van der Waals surface area contributed by atoms with Crippen molar-refractivity contribution in [2.45, 2.75) is 0 Å². The van der Waals surface area contributed by atoms with Gasteiger partial charge in [-0.25, -0.2) is 0 Å². The van der Waals surface area contributed by atoms with Crippen LogP contribution in [0.25, 0.3) is 6.08 Å². The minimum absolute atomic E-state index is 0.0406. The Morgan fingerprint density at radius 3 is 2.43 bits per heavy atom. The standard InChI is InChI=1S/C22H20ClN3O4/c23-18-3-5-19(6-4-18)25-22(28)17(14-24)13-16-1-7-20(8-2-16)30-15-21(27)26-9-11-29-12-10-26/h1-8,13H,9-12,15H2,(H,25,28)/b17-13-. The number of anilines is 1. The van der Waals surface area contributed by atoms with Crippen LogP contribution in [0.5, 0.6) is 5.75 Å². The van der Waals surface area contributed by atoms with Gasteiger partial charge in [-0.05, 0) is 48.0 Å². The molecule has 0 spiro atoms. The molecule has 0 aliphatic carbocycles. The molecule has 0 atom stereocenters. The number of carbonyl (C=O) groups is 2. The summed E-state index contributed by atoms with van der Waals surface area (Å²) in [5.74, 6) is -0.0814. The van der Waals surface area contributed by atoms with E-state index in [0.717, 1.165) is 0 Å². The van der Waals surface area contributed by atoms with Gasteiger partial charge < -0.3 is 19.7 Å². The third-order valence-corrected chi connectivity index (χ3v) is 4.64. The first-order valence-electron chi connectivity index (χ1n) is 9.32. The Hall–Kier alpha value is -3.34. The quantitative estimate of drug-likeness (QED) is 0.567. The van der Waals surface area contributed by atoms with Crippen LogP contribution in [0.2, 0.25) is 5.02 Å². The third kappa shape index (κ3) is 6.08. The van der Waals surface area contributed by atoms with Crippen molar-refractivity contribution in [2.75, 3.05) is 38.2 Å². The predicted octanol–water partition coefficient (Wildman–Crippen LogP) is 3.12. The molecule has 2 aromatic carbocycles. The number of nitrogens with zero attached hydrogens (tertiary/aromatic N) is 2. The SMILES string of the molecule is N#C/C(=C/c1ccc(OCC(=O)N2CCOCC2)cc1)C(=O)Nc1ccc(Cl)cc1. The second-order valence-corrected chi connectivity index (χ2v) is 6.92. The smallest absolute Gasteiger partial charge is 0.266 e. The molecular formula is C22H20ClN3O4. The van der Waals surface area contributed by atoms with Gasteiger partial charge in [-0.1, -0.05) is 23.7 Å². The molecule has 1 heterocycles. The number of carbonyl (C=O) groups excluding carboxylic acids is 2. The zero-order valence-corrected chi connectivity index (χ0v) is 16.9. The third-order valence-electron chi connectivity index (χ3n) is 4.38. The lowest BCUT2D eigenvalue weighted by molar-refractivity contribution is -0.137. The topological polar surface area (TPSA) is 91.7 Å². The molecule has 0 unspecified atom stereocenters. The van der Waals surface area contributed by atoms with Crippen LogP contribution in [0.15, 0.2) is 54.1 Å². The number of nitriles is 1. The van der Waals surface area contributed by atoms with E-state index in [0.29, 0.717) is 48.3 Å². The molecule has 1 saturated heterocycles. The Morgan fingerprint density at radius 1 is 1.13 bits per heavy atom. The highest BCUT2D eigenvalue weighted by molar-refractivity contribution is 6.30. The van der Waals surface area contributed by atoms with Crippen LogP contribution in [0.3, 0.4) is 0 Å². The summed E-state index contributed by atoms with van der Waals surface area (Å²) in [6.45, 7) is 2.17. The van der Waals surface area contributed by atoms with Crippen molar-refractivity contribution in [1.82, 2.24) is 4.90 Å². The van der Waals surface area contributed by atoms with E-state index in [-0.39, 0.29) is 18.1 Å². The molecule has 3 rings (SSSR count). The van der Waals surface area contributed by atoms with Crippen LogP contribution in [0.1, 0.15) is 5.56 Å². The lowest BCUT2D eigenvalue weighted by Crippen LogP contribution is -2.42.